The molecule has 0 spiro atoms. The molecular formula is C16H29N3O2. The highest BCUT2D eigenvalue weighted by Gasteiger charge is 2.17. The molecule has 0 aromatic heterocycles. The Labute approximate surface area is 127 Å². The van der Waals surface area contributed by atoms with Crippen LogP contribution in [0.2, 0.25) is 0 Å². The van der Waals surface area contributed by atoms with Crippen molar-refractivity contribution in [1.82, 2.24) is 15.5 Å². The lowest BCUT2D eigenvalue weighted by molar-refractivity contribution is -0.130. The lowest BCUT2D eigenvalue weighted by Crippen LogP contribution is -2.41. The summed E-state index contributed by atoms with van der Waals surface area (Å²) in [7, 11) is 0. The fraction of sp³-hybridized carbons (Fsp3) is 0.875. The second-order valence-electron chi connectivity index (χ2n) is 6.27. The molecule has 0 aromatic rings. The number of rotatable bonds is 6. The van der Waals surface area contributed by atoms with E-state index >= 15 is 0 Å². The van der Waals surface area contributed by atoms with Gasteiger partial charge in [0.05, 0.1) is 6.54 Å². The van der Waals surface area contributed by atoms with Gasteiger partial charge in [-0.3, -0.25) is 9.59 Å². The topological polar surface area (TPSA) is 61.4 Å². The molecule has 1 saturated heterocycles. The molecule has 2 rings (SSSR count). The summed E-state index contributed by atoms with van der Waals surface area (Å²) in [6, 6.07) is 0.355. The highest BCUT2D eigenvalue weighted by Crippen LogP contribution is 2.16. The van der Waals surface area contributed by atoms with E-state index in [-0.39, 0.29) is 11.8 Å². The number of nitrogens with one attached hydrogen (secondary N) is 2. The van der Waals surface area contributed by atoms with Crippen LogP contribution in [0.15, 0.2) is 0 Å². The molecule has 2 aliphatic rings. The Morgan fingerprint density at radius 2 is 1.62 bits per heavy atom. The van der Waals surface area contributed by atoms with Crippen LogP contribution in [0.25, 0.3) is 0 Å². The van der Waals surface area contributed by atoms with Crippen molar-refractivity contribution in [3.63, 3.8) is 0 Å². The Bertz CT molecular complexity index is 332. The van der Waals surface area contributed by atoms with Crippen molar-refractivity contribution in [2.24, 2.45) is 0 Å². The van der Waals surface area contributed by atoms with E-state index in [1.165, 1.54) is 25.7 Å². The number of hydrogen-bond donors (Lipinski definition) is 2. The number of carbonyl (C=O) groups excluding carboxylic acids is 2. The van der Waals surface area contributed by atoms with Gasteiger partial charge in [-0.1, -0.05) is 25.7 Å². The first-order chi connectivity index (χ1) is 10.3. The average Bonchev–Trinajstić information content (AvgIpc) is 2.90. The van der Waals surface area contributed by atoms with Crippen molar-refractivity contribution >= 4 is 11.8 Å². The maximum absolute atomic E-state index is 11.9. The summed E-state index contributed by atoms with van der Waals surface area (Å²) in [6.07, 6.45) is 10.0. The summed E-state index contributed by atoms with van der Waals surface area (Å²) in [6.45, 7) is 2.72. The van der Waals surface area contributed by atoms with E-state index in [9.17, 15) is 9.59 Å². The van der Waals surface area contributed by atoms with E-state index in [2.05, 4.69) is 10.6 Å². The van der Waals surface area contributed by atoms with Gasteiger partial charge in [-0.2, -0.15) is 0 Å². The van der Waals surface area contributed by atoms with Crippen molar-refractivity contribution in [3.05, 3.63) is 0 Å². The van der Waals surface area contributed by atoms with Crippen LogP contribution in [-0.2, 0) is 9.59 Å². The summed E-state index contributed by atoms with van der Waals surface area (Å²) >= 11 is 0. The number of nitrogens with zero attached hydrogens (tertiary/aromatic N) is 1. The fourth-order valence-corrected chi connectivity index (χ4v) is 3.22. The van der Waals surface area contributed by atoms with Gasteiger partial charge in [0.15, 0.2) is 0 Å². The number of hydrogen-bond acceptors (Lipinski definition) is 3. The highest BCUT2D eigenvalue weighted by atomic mass is 16.2. The van der Waals surface area contributed by atoms with Crippen LogP contribution in [0.4, 0.5) is 0 Å². The number of likely N-dealkylation sites (tertiary alicyclic amines) is 1. The van der Waals surface area contributed by atoms with Crippen molar-refractivity contribution in [2.45, 2.75) is 63.8 Å². The third kappa shape index (κ3) is 6.04. The molecule has 5 heteroatoms. The summed E-state index contributed by atoms with van der Waals surface area (Å²) in [5.41, 5.74) is 0. The van der Waals surface area contributed by atoms with Gasteiger partial charge in [-0.25, -0.2) is 0 Å². The van der Waals surface area contributed by atoms with Crippen molar-refractivity contribution in [3.8, 4) is 0 Å². The minimum atomic E-state index is 0.0653. The molecule has 1 aliphatic heterocycles. The zero-order valence-corrected chi connectivity index (χ0v) is 13.0. The van der Waals surface area contributed by atoms with Gasteiger partial charge in [-0.05, 0) is 25.7 Å². The maximum atomic E-state index is 11.9. The molecule has 1 saturated carbocycles. The van der Waals surface area contributed by atoms with Gasteiger partial charge < -0.3 is 15.5 Å². The van der Waals surface area contributed by atoms with Crippen LogP contribution in [-0.4, -0.2) is 48.9 Å². The zero-order valence-electron chi connectivity index (χ0n) is 13.0. The zero-order chi connectivity index (χ0) is 14.9. The van der Waals surface area contributed by atoms with Crippen molar-refractivity contribution in [2.75, 3.05) is 26.2 Å². The van der Waals surface area contributed by atoms with Gasteiger partial charge in [0.25, 0.3) is 0 Å². The van der Waals surface area contributed by atoms with E-state index in [4.69, 9.17) is 0 Å². The third-order valence-electron chi connectivity index (χ3n) is 4.48. The van der Waals surface area contributed by atoms with E-state index in [0.29, 0.717) is 25.6 Å². The van der Waals surface area contributed by atoms with Crippen LogP contribution in [0, 0.1) is 0 Å². The number of amides is 2. The Hall–Kier alpha value is -1.10. The standard InChI is InChI=1S/C16H29N3O2/c20-15(18-14-7-3-1-2-4-8-14)13-17-10-9-16(21)19-11-5-6-12-19/h14,17H,1-13H2,(H,18,20). The summed E-state index contributed by atoms with van der Waals surface area (Å²) in [5.74, 6) is 0.277. The Morgan fingerprint density at radius 3 is 2.29 bits per heavy atom. The molecule has 2 amide bonds. The van der Waals surface area contributed by atoms with Crippen LogP contribution in [0.5, 0.6) is 0 Å². The monoisotopic (exact) mass is 295 g/mol. The summed E-state index contributed by atoms with van der Waals surface area (Å²) in [5, 5.41) is 6.19. The first kappa shape index (κ1) is 16.3. The van der Waals surface area contributed by atoms with E-state index in [1.807, 2.05) is 4.90 Å². The van der Waals surface area contributed by atoms with Gasteiger partial charge in [0.2, 0.25) is 11.8 Å². The molecule has 5 nitrogen and oxygen atoms in total. The van der Waals surface area contributed by atoms with Crippen LogP contribution in [0.1, 0.15) is 57.8 Å². The van der Waals surface area contributed by atoms with Crippen LogP contribution in [0.3, 0.4) is 0 Å². The van der Waals surface area contributed by atoms with Gasteiger partial charge in [0, 0.05) is 32.1 Å². The normalized spacial score (nSPS) is 20.3. The minimum absolute atomic E-state index is 0.0653. The van der Waals surface area contributed by atoms with Crippen LogP contribution >= 0.6 is 0 Å². The molecular weight excluding hydrogens is 266 g/mol. The molecule has 0 radical (unpaired) electrons. The molecule has 1 aliphatic carbocycles. The van der Waals surface area contributed by atoms with Crippen molar-refractivity contribution in [1.29, 1.82) is 0 Å². The quantitative estimate of drug-likeness (QED) is 0.575. The lowest BCUT2D eigenvalue weighted by Gasteiger charge is -2.17. The maximum Gasteiger partial charge on any atom is 0.234 e. The second-order valence-corrected chi connectivity index (χ2v) is 6.27. The predicted molar refractivity (Wildman–Crippen MR) is 82.9 cm³/mol. The SMILES string of the molecule is O=C(CNCCC(=O)N1CCCC1)NC1CCCCCC1. The Morgan fingerprint density at radius 1 is 0.952 bits per heavy atom. The van der Waals surface area contributed by atoms with Gasteiger partial charge in [0.1, 0.15) is 0 Å². The first-order valence-corrected chi connectivity index (χ1v) is 8.53. The molecule has 1 heterocycles. The molecule has 120 valence electrons. The minimum Gasteiger partial charge on any atom is -0.352 e. The van der Waals surface area contributed by atoms with E-state index in [0.717, 1.165) is 38.8 Å². The Kier molecular flexibility index (Phi) is 7.00. The summed E-state index contributed by atoms with van der Waals surface area (Å²) < 4.78 is 0. The highest BCUT2D eigenvalue weighted by molar-refractivity contribution is 5.79. The number of carbonyl (C=O) groups is 2. The molecule has 2 N–H and O–H groups in total. The first-order valence-electron chi connectivity index (χ1n) is 8.53. The molecule has 0 unspecified atom stereocenters. The lowest BCUT2D eigenvalue weighted by atomic mass is 10.1. The molecule has 0 bridgehead atoms. The largest absolute Gasteiger partial charge is 0.352 e. The van der Waals surface area contributed by atoms with Gasteiger partial charge in [-0.15, -0.1) is 0 Å². The fourth-order valence-electron chi connectivity index (χ4n) is 3.22. The smallest absolute Gasteiger partial charge is 0.234 e. The molecule has 21 heavy (non-hydrogen) atoms. The van der Waals surface area contributed by atoms with E-state index in [1.54, 1.807) is 0 Å². The third-order valence-corrected chi connectivity index (χ3v) is 4.48. The van der Waals surface area contributed by atoms with E-state index < -0.39 is 0 Å². The molecule has 2 fully saturated rings. The summed E-state index contributed by atoms with van der Waals surface area (Å²) in [4.78, 5) is 25.6. The molecule has 0 aromatic carbocycles. The predicted octanol–water partition coefficient (Wildman–Crippen LogP) is 1.43. The van der Waals surface area contributed by atoms with Crippen molar-refractivity contribution < 1.29 is 9.59 Å². The van der Waals surface area contributed by atoms with Gasteiger partial charge >= 0.3 is 0 Å². The Balaban J connectivity index is 1.53. The second kappa shape index (κ2) is 9.03. The average molecular weight is 295 g/mol. The van der Waals surface area contributed by atoms with Crippen LogP contribution < -0.4 is 10.6 Å². The molecule has 0 atom stereocenters.